The third-order valence-electron chi connectivity index (χ3n) is 4.19. The molecule has 0 amide bonds. The van der Waals surface area contributed by atoms with Crippen molar-refractivity contribution in [2.75, 3.05) is 14.1 Å². The minimum atomic E-state index is 0.132. The standard InChI is InChI=1S/C18H26N2O2.C2H7N.C2H4O.C2H6/c1-2-4-17(19)18(20)14-7-9-15(10-8-14)22-16-6-3-5-13(11-16)12-21;1-3-2;1-2-3;1-2/h7-10,12-13,16H,2-6,11,19-20H2,1H3;3H,1-2H3;2-3H,1H2;1-2H3/b18-17+;;;. The number of hydrogen-bond donors (Lipinski definition) is 4. The van der Waals surface area contributed by atoms with Gasteiger partial charge in [0.25, 0.3) is 0 Å². The van der Waals surface area contributed by atoms with Crippen molar-refractivity contribution in [1.29, 1.82) is 0 Å². The van der Waals surface area contributed by atoms with Gasteiger partial charge in [0, 0.05) is 11.6 Å². The topological polar surface area (TPSA) is 111 Å². The summed E-state index contributed by atoms with van der Waals surface area (Å²) in [6.45, 7) is 8.99. The van der Waals surface area contributed by atoms with E-state index in [-0.39, 0.29) is 12.0 Å². The molecule has 0 spiro atoms. The largest absolute Gasteiger partial charge is 0.516 e. The van der Waals surface area contributed by atoms with Crippen LogP contribution in [0.4, 0.5) is 0 Å². The van der Waals surface area contributed by atoms with E-state index in [1.165, 1.54) is 0 Å². The molecule has 0 aliphatic heterocycles. The van der Waals surface area contributed by atoms with Crippen molar-refractivity contribution in [2.45, 2.75) is 65.4 Å². The van der Waals surface area contributed by atoms with Crippen molar-refractivity contribution in [1.82, 2.24) is 5.32 Å². The van der Waals surface area contributed by atoms with Gasteiger partial charge < -0.3 is 31.4 Å². The van der Waals surface area contributed by atoms with Crippen LogP contribution in [0, 0.1) is 5.92 Å². The lowest BCUT2D eigenvalue weighted by Crippen LogP contribution is -2.26. The molecule has 1 aromatic rings. The normalized spacial score (nSPS) is 17.9. The predicted octanol–water partition coefficient (Wildman–Crippen LogP) is 4.76. The Morgan fingerprint density at radius 3 is 2.23 bits per heavy atom. The number of nitrogens with two attached hydrogens (primary N) is 2. The maximum atomic E-state index is 10.9. The van der Waals surface area contributed by atoms with Crippen molar-refractivity contribution < 1.29 is 14.6 Å². The predicted molar refractivity (Wildman–Crippen MR) is 128 cm³/mol. The van der Waals surface area contributed by atoms with E-state index in [9.17, 15) is 4.79 Å². The lowest BCUT2D eigenvalue weighted by molar-refractivity contribution is -0.112. The third-order valence-corrected chi connectivity index (χ3v) is 4.19. The Hall–Kier alpha value is -2.47. The maximum absolute atomic E-state index is 10.9. The van der Waals surface area contributed by atoms with E-state index in [2.05, 4.69) is 18.8 Å². The number of nitrogens with one attached hydrogen (secondary N) is 1. The Kier molecular flexibility index (Phi) is 19.7. The molecule has 6 heteroatoms. The average Bonchev–Trinajstić information content (AvgIpc) is 2.76. The molecule has 30 heavy (non-hydrogen) atoms. The molecule has 0 saturated heterocycles. The molecule has 1 aromatic carbocycles. The minimum absolute atomic E-state index is 0.132. The molecular formula is C24H43N3O3. The maximum Gasteiger partial charge on any atom is 0.123 e. The van der Waals surface area contributed by atoms with Crippen LogP contribution < -0.4 is 21.5 Å². The third kappa shape index (κ3) is 12.9. The number of aldehydes is 1. The monoisotopic (exact) mass is 421 g/mol. The number of benzene rings is 1. The van der Waals surface area contributed by atoms with Crippen LogP contribution in [-0.2, 0) is 4.79 Å². The Balaban J connectivity index is 0. The van der Waals surface area contributed by atoms with E-state index >= 15 is 0 Å². The zero-order valence-corrected chi connectivity index (χ0v) is 19.5. The Morgan fingerprint density at radius 1 is 1.23 bits per heavy atom. The summed E-state index contributed by atoms with van der Waals surface area (Å²) >= 11 is 0. The number of hydrogen-bond acceptors (Lipinski definition) is 6. The highest BCUT2D eigenvalue weighted by molar-refractivity contribution is 5.65. The Labute approximate surface area is 183 Å². The highest BCUT2D eigenvalue weighted by Crippen LogP contribution is 2.27. The lowest BCUT2D eigenvalue weighted by Gasteiger charge is -2.26. The molecule has 172 valence electrons. The number of aliphatic hydroxyl groups is 1. The highest BCUT2D eigenvalue weighted by atomic mass is 16.5. The van der Waals surface area contributed by atoms with Crippen LogP contribution in [0.15, 0.2) is 42.8 Å². The van der Waals surface area contributed by atoms with Gasteiger partial charge in [-0.05, 0) is 76.0 Å². The summed E-state index contributed by atoms with van der Waals surface area (Å²) in [7, 11) is 3.75. The van der Waals surface area contributed by atoms with Crippen LogP contribution in [-0.4, -0.2) is 31.6 Å². The summed E-state index contributed by atoms with van der Waals surface area (Å²) in [5.41, 5.74) is 14.3. The number of rotatable bonds is 6. The summed E-state index contributed by atoms with van der Waals surface area (Å²) in [6, 6.07) is 7.72. The fraction of sp³-hybridized carbons (Fsp3) is 0.542. The summed E-state index contributed by atoms with van der Waals surface area (Å²) in [5, 5.41) is 10.1. The van der Waals surface area contributed by atoms with Crippen molar-refractivity contribution in [2.24, 2.45) is 17.4 Å². The van der Waals surface area contributed by atoms with Gasteiger partial charge in [0.2, 0.25) is 0 Å². The molecular weight excluding hydrogens is 378 g/mol. The fourth-order valence-corrected chi connectivity index (χ4v) is 2.91. The number of carbonyl (C=O) groups excluding carboxylic acids is 1. The molecule has 1 aliphatic carbocycles. The van der Waals surface area contributed by atoms with E-state index < -0.39 is 0 Å². The second-order valence-electron chi connectivity index (χ2n) is 6.70. The van der Waals surface area contributed by atoms with E-state index in [0.29, 0.717) is 5.70 Å². The van der Waals surface area contributed by atoms with Gasteiger partial charge in [0.1, 0.15) is 12.0 Å². The zero-order chi connectivity index (χ0) is 23.4. The molecule has 6 N–H and O–H groups in total. The molecule has 0 heterocycles. The summed E-state index contributed by atoms with van der Waals surface area (Å²) in [4.78, 5) is 10.9. The van der Waals surface area contributed by atoms with E-state index in [0.717, 1.165) is 68.1 Å². The van der Waals surface area contributed by atoms with Gasteiger partial charge in [-0.15, -0.1) is 0 Å². The summed E-state index contributed by atoms with van der Waals surface area (Å²) in [6.07, 6.45) is 7.59. The first-order valence-electron chi connectivity index (χ1n) is 10.8. The van der Waals surface area contributed by atoms with Gasteiger partial charge >= 0.3 is 0 Å². The van der Waals surface area contributed by atoms with Gasteiger partial charge in [-0.2, -0.15) is 0 Å². The number of allylic oxidation sites excluding steroid dienone is 1. The molecule has 2 atom stereocenters. The summed E-state index contributed by atoms with van der Waals surface area (Å²) in [5.74, 6) is 0.965. The van der Waals surface area contributed by atoms with Crippen LogP contribution >= 0.6 is 0 Å². The van der Waals surface area contributed by atoms with Crippen molar-refractivity contribution >= 4 is 12.0 Å². The minimum Gasteiger partial charge on any atom is -0.516 e. The Bertz CT molecular complexity index is 586. The zero-order valence-electron chi connectivity index (χ0n) is 19.5. The number of carbonyl (C=O) groups is 1. The molecule has 1 aliphatic rings. The van der Waals surface area contributed by atoms with Crippen LogP contribution in [0.3, 0.4) is 0 Å². The first-order valence-corrected chi connectivity index (χ1v) is 10.8. The average molecular weight is 422 g/mol. The molecule has 2 unspecified atom stereocenters. The van der Waals surface area contributed by atoms with E-state index in [1.807, 2.05) is 52.2 Å². The second-order valence-corrected chi connectivity index (χ2v) is 6.70. The molecule has 1 saturated carbocycles. The molecule has 2 rings (SSSR count). The molecule has 0 aromatic heterocycles. The van der Waals surface area contributed by atoms with Gasteiger partial charge in [0.15, 0.2) is 0 Å². The van der Waals surface area contributed by atoms with Gasteiger partial charge in [-0.25, -0.2) is 0 Å². The Morgan fingerprint density at radius 2 is 1.77 bits per heavy atom. The van der Waals surface area contributed by atoms with Crippen molar-refractivity contribution in [3.8, 4) is 5.75 Å². The van der Waals surface area contributed by atoms with Crippen LogP contribution in [0.25, 0.3) is 5.70 Å². The molecule has 1 fully saturated rings. The van der Waals surface area contributed by atoms with Gasteiger partial charge in [-0.3, -0.25) is 0 Å². The molecule has 0 bridgehead atoms. The lowest BCUT2D eigenvalue weighted by atomic mass is 9.88. The second kappa shape index (κ2) is 19.8. The SMILES string of the molecule is C=CO.CC.CCC/C(N)=C(\N)c1ccc(OC2CCCC(C=O)C2)cc1.CNC. The smallest absolute Gasteiger partial charge is 0.123 e. The number of ether oxygens (including phenoxy) is 1. The quantitative estimate of drug-likeness (QED) is 0.389. The number of aliphatic hydroxyl groups excluding tert-OH is 1. The first-order chi connectivity index (χ1) is 14.5. The van der Waals surface area contributed by atoms with Crippen LogP contribution in [0.5, 0.6) is 5.75 Å². The van der Waals surface area contributed by atoms with Gasteiger partial charge in [-0.1, -0.05) is 33.8 Å². The molecule has 6 nitrogen and oxygen atoms in total. The van der Waals surface area contributed by atoms with E-state index in [4.69, 9.17) is 21.3 Å². The van der Waals surface area contributed by atoms with Crippen LogP contribution in [0.1, 0.15) is 64.9 Å². The van der Waals surface area contributed by atoms with E-state index in [1.54, 1.807) is 0 Å². The van der Waals surface area contributed by atoms with Gasteiger partial charge in [0.05, 0.1) is 18.1 Å². The van der Waals surface area contributed by atoms with Crippen LogP contribution in [0.2, 0.25) is 0 Å². The van der Waals surface area contributed by atoms with Crippen molar-refractivity contribution in [3.63, 3.8) is 0 Å². The van der Waals surface area contributed by atoms with Crippen molar-refractivity contribution in [3.05, 3.63) is 48.4 Å². The highest BCUT2D eigenvalue weighted by Gasteiger charge is 2.22. The fourth-order valence-electron chi connectivity index (χ4n) is 2.91. The molecule has 0 radical (unpaired) electrons. The summed E-state index contributed by atoms with van der Waals surface area (Å²) < 4.78 is 5.98. The first kappa shape index (κ1) is 29.7.